The summed E-state index contributed by atoms with van der Waals surface area (Å²) < 4.78 is 5.12. The maximum Gasteiger partial charge on any atom is 0.243 e. The molecule has 0 N–H and O–H groups in total. The van der Waals surface area contributed by atoms with Gasteiger partial charge in [0.25, 0.3) is 0 Å². The fourth-order valence-electron chi connectivity index (χ4n) is 1.46. The van der Waals surface area contributed by atoms with Crippen LogP contribution < -0.4 is 0 Å². The molecule has 0 aliphatic heterocycles. The van der Waals surface area contributed by atoms with Crippen molar-refractivity contribution in [2.24, 2.45) is 0 Å². The molecule has 1 fully saturated rings. The number of nitrogens with zero attached hydrogens (tertiary/aromatic N) is 3. The van der Waals surface area contributed by atoms with Crippen molar-refractivity contribution in [2.45, 2.75) is 52.6 Å². The fourth-order valence-corrected chi connectivity index (χ4v) is 1.46. The SMILES string of the molecule is CC.Cc1noc(C(C)N(C)C2CC2)n1. The molecule has 0 bridgehead atoms. The first-order chi connectivity index (χ1) is 7.18. The molecule has 2 rings (SSSR count). The predicted octanol–water partition coefficient (Wildman–Crippen LogP) is 2.56. The molecule has 4 nitrogen and oxygen atoms in total. The number of aryl methyl sites for hydroxylation is 1. The van der Waals surface area contributed by atoms with Crippen LogP contribution in [0.5, 0.6) is 0 Å². The lowest BCUT2D eigenvalue weighted by molar-refractivity contribution is 0.201. The molecule has 1 aliphatic rings. The third-order valence-corrected chi connectivity index (χ3v) is 2.63. The topological polar surface area (TPSA) is 42.2 Å². The van der Waals surface area contributed by atoms with E-state index in [1.807, 2.05) is 20.8 Å². The highest BCUT2D eigenvalue weighted by Crippen LogP contribution is 2.31. The molecule has 15 heavy (non-hydrogen) atoms. The van der Waals surface area contributed by atoms with Gasteiger partial charge in [0.05, 0.1) is 6.04 Å². The lowest BCUT2D eigenvalue weighted by Crippen LogP contribution is -2.24. The minimum atomic E-state index is 0.244. The minimum Gasteiger partial charge on any atom is -0.338 e. The molecule has 1 aliphatic carbocycles. The first kappa shape index (κ1) is 12.2. The first-order valence-corrected chi connectivity index (χ1v) is 5.70. The summed E-state index contributed by atoms with van der Waals surface area (Å²) in [7, 11) is 2.11. The van der Waals surface area contributed by atoms with Gasteiger partial charge in [-0.1, -0.05) is 19.0 Å². The summed E-state index contributed by atoms with van der Waals surface area (Å²) >= 11 is 0. The van der Waals surface area contributed by atoms with Crippen LogP contribution in [0.4, 0.5) is 0 Å². The van der Waals surface area contributed by atoms with E-state index in [2.05, 4.69) is 29.0 Å². The minimum absolute atomic E-state index is 0.244. The zero-order chi connectivity index (χ0) is 11.4. The van der Waals surface area contributed by atoms with Crippen LogP contribution in [0, 0.1) is 6.92 Å². The van der Waals surface area contributed by atoms with Gasteiger partial charge in [0.15, 0.2) is 5.82 Å². The molecule has 0 spiro atoms. The first-order valence-electron chi connectivity index (χ1n) is 5.70. The molecule has 0 aromatic carbocycles. The zero-order valence-corrected chi connectivity index (χ0v) is 10.3. The predicted molar refractivity (Wildman–Crippen MR) is 59.6 cm³/mol. The van der Waals surface area contributed by atoms with Crippen LogP contribution in [0.2, 0.25) is 0 Å². The Morgan fingerprint density at radius 2 is 2.00 bits per heavy atom. The Labute approximate surface area is 91.7 Å². The monoisotopic (exact) mass is 211 g/mol. The zero-order valence-electron chi connectivity index (χ0n) is 10.3. The van der Waals surface area contributed by atoms with Crippen LogP contribution in [-0.2, 0) is 0 Å². The Bertz CT molecular complexity index is 294. The second-order valence-electron chi connectivity index (χ2n) is 3.75. The van der Waals surface area contributed by atoms with E-state index in [0.717, 1.165) is 11.9 Å². The van der Waals surface area contributed by atoms with Crippen molar-refractivity contribution >= 4 is 0 Å². The largest absolute Gasteiger partial charge is 0.338 e. The Morgan fingerprint density at radius 3 is 2.40 bits per heavy atom. The Hall–Kier alpha value is -0.900. The molecule has 1 atom stereocenters. The van der Waals surface area contributed by atoms with E-state index >= 15 is 0 Å². The van der Waals surface area contributed by atoms with Gasteiger partial charge in [-0.3, -0.25) is 4.90 Å². The van der Waals surface area contributed by atoms with Gasteiger partial charge in [-0.25, -0.2) is 0 Å². The highest BCUT2D eigenvalue weighted by atomic mass is 16.5. The van der Waals surface area contributed by atoms with Crippen LogP contribution in [0.1, 0.15) is 51.4 Å². The van der Waals surface area contributed by atoms with Crippen LogP contribution in [0.3, 0.4) is 0 Å². The number of aromatic nitrogens is 2. The van der Waals surface area contributed by atoms with E-state index in [9.17, 15) is 0 Å². The van der Waals surface area contributed by atoms with Crippen molar-refractivity contribution in [1.82, 2.24) is 15.0 Å². The normalized spacial score (nSPS) is 17.2. The Balaban J connectivity index is 0.000000531. The summed E-state index contributed by atoms with van der Waals surface area (Å²) in [6, 6.07) is 0.968. The third-order valence-electron chi connectivity index (χ3n) is 2.63. The summed E-state index contributed by atoms with van der Waals surface area (Å²) in [6.07, 6.45) is 2.60. The van der Waals surface area contributed by atoms with Crippen molar-refractivity contribution in [2.75, 3.05) is 7.05 Å². The van der Waals surface area contributed by atoms with Crippen molar-refractivity contribution < 1.29 is 4.52 Å². The van der Waals surface area contributed by atoms with Gasteiger partial charge in [0, 0.05) is 6.04 Å². The summed E-state index contributed by atoms with van der Waals surface area (Å²) in [4.78, 5) is 6.52. The van der Waals surface area contributed by atoms with Gasteiger partial charge in [-0.15, -0.1) is 0 Å². The van der Waals surface area contributed by atoms with E-state index in [4.69, 9.17) is 4.52 Å². The molecule has 1 aromatic rings. The molecule has 0 amide bonds. The summed E-state index contributed by atoms with van der Waals surface area (Å²) in [6.45, 7) is 7.95. The van der Waals surface area contributed by atoms with Gasteiger partial charge in [0.2, 0.25) is 5.89 Å². The van der Waals surface area contributed by atoms with E-state index in [1.165, 1.54) is 12.8 Å². The van der Waals surface area contributed by atoms with Crippen molar-refractivity contribution in [3.63, 3.8) is 0 Å². The summed E-state index contributed by atoms with van der Waals surface area (Å²) in [5, 5.41) is 3.79. The molecule has 1 unspecified atom stereocenters. The quantitative estimate of drug-likeness (QED) is 0.770. The van der Waals surface area contributed by atoms with Crippen molar-refractivity contribution in [3.05, 3.63) is 11.7 Å². The third kappa shape index (κ3) is 3.02. The molecule has 4 heteroatoms. The lowest BCUT2D eigenvalue weighted by atomic mass is 10.3. The molecule has 86 valence electrons. The molecule has 1 aromatic heterocycles. The molecule has 1 saturated carbocycles. The molecular weight excluding hydrogens is 190 g/mol. The maximum absolute atomic E-state index is 5.12. The molecule has 1 heterocycles. The lowest BCUT2D eigenvalue weighted by Gasteiger charge is -2.20. The highest BCUT2D eigenvalue weighted by molar-refractivity contribution is 4.94. The van der Waals surface area contributed by atoms with E-state index in [1.54, 1.807) is 0 Å². The van der Waals surface area contributed by atoms with E-state index in [-0.39, 0.29) is 6.04 Å². The van der Waals surface area contributed by atoms with Crippen LogP contribution in [-0.4, -0.2) is 28.1 Å². The second kappa shape index (κ2) is 5.26. The summed E-state index contributed by atoms with van der Waals surface area (Å²) in [5.41, 5.74) is 0. The van der Waals surface area contributed by atoms with Crippen LogP contribution in [0.15, 0.2) is 4.52 Å². The second-order valence-corrected chi connectivity index (χ2v) is 3.75. The average Bonchev–Trinajstić information content (AvgIpc) is 3.02. The van der Waals surface area contributed by atoms with E-state index in [0.29, 0.717) is 5.82 Å². The van der Waals surface area contributed by atoms with Crippen LogP contribution >= 0.6 is 0 Å². The van der Waals surface area contributed by atoms with E-state index < -0.39 is 0 Å². The molecular formula is C11H21N3O. The van der Waals surface area contributed by atoms with Crippen molar-refractivity contribution in [3.8, 4) is 0 Å². The molecule has 0 saturated heterocycles. The van der Waals surface area contributed by atoms with Gasteiger partial charge >= 0.3 is 0 Å². The van der Waals surface area contributed by atoms with Gasteiger partial charge in [-0.2, -0.15) is 4.98 Å². The van der Waals surface area contributed by atoms with Crippen LogP contribution in [0.25, 0.3) is 0 Å². The molecule has 0 radical (unpaired) electrons. The standard InChI is InChI=1S/C9H15N3O.C2H6/c1-6(12(3)8-4-5-8)9-10-7(2)11-13-9;1-2/h6,8H,4-5H2,1-3H3;1-2H3. The smallest absolute Gasteiger partial charge is 0.243 e. The van der Waals surface area contributed by atoms with Gasteiger partial charge in [-0.05, 0) is 33.7 Å². The number of rotatable bonds is 3. The van der Waals surface area contributed by atoms with Gasteiger partial charge in [0.1, 0.15) is 0 Å². The number of hydrogen-bond acceptors (Lipinski definition) is 4. The Kier molecular flexibility index (Phi) is 4.27. The highest BCUT2D eigenvalue weighted by Gasteiger charge is 2.31. The average molecular weight is 211 g/mol. The fraction of sp³-hybridized carbons (Fsp3) is 0.818. The summed E-state index contributed by atoms with van der Waals surface area (Å²) in [5.74, 6) is 1.44. The Morgan fingerprint density at radius 1 is 1.40 bits per heavy atom. The van der Waals surface area contributed by atoms with Crippen molar-refractivity contribution in [1.29, 1.82) is 0 Å². The van der Waals surface area contributed by atoms with Gasteiger partial charge < -0.3 is 4.52 Å². The number of hydrogen-bond donors (Lipinski definition) is 0. The maximum atomic E-state index is 5.12.